The lowest BCUT2D eigenvalue weighted by Gasteiger charge is -2.10. The Bertz CT molecular complexity index is 1270. The Labute approximate surface area is 194 Å². The third kappa shape index (κ3) is 5.22. The molecule has 0 aliphatic heterocycles. The summed E-state index contributed by atoms with van der Waals surface area (Å²) >= 11 is 6.88. The minimum absolute atomic E-state index is 0.122. The second kappa shape index (κ2) is 9.76. The summed E-state index contributed by atoms with van der Waals surface area (Å²) in [5.41, 5.74) is 4.71. The number of furan rings is 1. The molecule has 0 radical (unpaired) electrons. The number of benzene rings is 2. The van der Waals surface area contributed by atoms with Crippen LogP contribution in [0.15, 0.2) is 76.7 Å². The highest BCUT2D eigenvalue weighted by molar-refractivity contribution is 7.73. The Morgan fingerprint density at radius 2 is 1.81 bits per heavy atom. The molecule has 0 fully saturated rings. The Morgan fingerprint density at radius 3 is 2.50 bits per heavy atom. The number of carbonyl (C=O) groups is 2. The molecule has 162 valence electrons. The molecular weight excluding hydrogens is 442 g/mol. The molecule has 2 amide bonds. The molecule has 2 aromatic heterocycles. The van der Waals surface area contributed by atoms with Crippen LogP contribution >= 0.6 is 23.6 Å². The van der Waals surface area contributed by atoms with E-state index >= 15 is 0 Å². The van der Waals surface area contributed by atoms with E-state index in [1.807, 2.05) is 53.3 Å². The number of anilines is 1. The maximum atomic E-state index is 12.6. The van der Waals surface area contributed by atoms with E-state index in [1.54, 1.807) is 24.3 Å². The zero-order valence-corrected chi connectivity index (χ0v) is 19.0. The summed E-state index contributed by atoms with van der Waals surface area (Å²) in [5.74, 6) is -0.186. The van der Waals surface area contributed by atoms with Crippen LogP contribution in [0.25, 0.3) is 11.3 Å². The highest BCUT2D eigenvalue weighted by Crippen LogP contribution is 2.24. The quantitative estimate of drug-likeness (QED) is 0.359. The Hall–Kier alpha value is -3.49. The van der Waals surface area contributed by atoms with Crippen molar-refractivity contribution in [2.24, 2.45) is 0 Å². The molecule has 0 bridgehead atoms. The molecule has 0 spiro atoms. The summed E-state index contributed by atoms with van der Waals surface area (Å²) in [6.45, 7) is 2.57. The van der Waals surface area contributed by atoms with Crippen molar-refractivity contribution in [2.75, 3.05) is 5.32 Å². The zero-order chi connectivity index (χ0) is 22.5. The van der Waals surface area contributed by atoms with Gasteiger partial charge in [0.2, 0.25) is 5.91 Å². The third-order valence-corrected chi connectivity index (χ3v) is 6.15. The minimum atomic E-state index is -0.312. The van der Waals surface area contributed by atoms with Crippen molar-refractivity contribution in [3.8, 4) is 11.3 Å². The first-order chi connectivity index (χ1) is 15.5. The van der Waals surface area contributed by atoms with Crippen molar-refractivity contribution in [1.82, 2.24) is 9.88 Å². The monoisotopic (exact) mass is 463 g/mol. The lowest BCUT2D eigenvalue weighted by Crippen LogP contribution is -2.27. The smallest absolute Gasteiger partial charge is 0.291 e. The molecule has 2 heterocycles. The SMILES string of the molecule is Cc1ccc(-c2csc(=S)n2CC(=O)NCc2ccc(NC(=O)c3ccco3)cc2)cc1. The molecule has 0 saturated heterocycles. The normalized spacial score (nSPS) is 10.7. The van der Waals surface area contributed by atoms with E-state index in [0.717, 1.165) is 16.8 Å². The Morgan fingerprint density at radius 1 is 1.06 bits per heavy atom. The lowest BCUT2D eigenvalue weighted by molar-refractivity contribution is -0.121. The predicted octanol–water partition coefficient (Wildman–Crippen LogP) is 5.42. The molecule has 2 N–H and O–H groups in total. The zero-order valence-electron chi connectivity index (χ0n) is 17.3. The molecule has 8 heteroatoms. The predicted molar refractivity (Wildman–Crippen MR) is 128 cm³/mol. The lowest BCUT2D eigenvalue weighted by atomic mass is 10.1. The van der Waals surface area contributed by atoms with Crippen LogP contribution in [0.1, 0.15) is 21.7 Å². The van der Waals surface area contributed by atoms with E-state index in [0.29, 0.717) is 16.2 Å². The van der Waals surface area contributed by atoms with Crippen LogP contribution in [0.2, 0.25) is 0 Å². The largest absolute Gasteiger partial charge is 0.459 e. The topological polar surface area (TPSA) is 76.3 Å². The van der Waals surface area contributed by atoms with E-state index < -0.39 is 0 Å². The van der Waals surface area contributed by atoms with Gasteiger partial charge in [0.25, 0.3) is 5.91 Å². The van der Waals surface area contributed by atoms with Gasteiger partial charge in [0.1, 0.15) is 6.54 Å². The molecule has 0 aliphatic carbocycles. The first-order valence-electron chi connectivity index (χ1n) is 9.95. The number of thiazole rings is 1. The molecule has 0 saturated carbocycles. The minimum Gasteiger partial charge on any atom is -0.459 e. The fraction of sp³-hybridized carbons (Fsp3) is 0.125. The molecule has 4 aromatic rings. The number of rotatable bonds is 7. The van der Waals surface area contributed by atoms with E-state index in [9.17, 15) is 9.59 Å². The average Bonchev–Trinajstić information content (AvgIpc) is 3.45. The number of nitrogens with zero attached hydrogens (tertiary/aromatic N) is 1. The number of nitrogens with one attached hydrogen (secondary N) is 2. The number of hydrogen-bond acceptors (Lipinski definition) is 5. The van der Waals surface area contributed by atoms with Crippen molar-refractivity contribution >= 4 is 41.1 Å². The highest BCUT2D eigenvalue weighted by atomic mass is 32.1. The van der Waals surface area contributed by atoms with Gasteiger partial charge >= 0.3 is 0 Å². The van der Waals surface area contributed by atoms with Gasteiger partial charge in [0.05, 0.1) is 12.0 Å². The molecule has 2 aromatic carbocycles. The van der Waals surface area contributed by atoms with Crippen molar-refractivity contribution in [1.29, 1.82) is 0 Å². The van der Waals surface area contributed by atoms with Crippen LogP contribution < -0.4 is 10.6 Å². The summed E-state index contributed by atoms with van der Waals surface area (Å²) in [7, 11) is 0. The Kier molecular flexibility index (Phi) is 6.63. The van der Waals surface area contributed by atoms with Gasteiger partial charge in [-0.1, -0.05) is 42.0 Å². The summed E-state index contributed by atoms with van der Waals surface area (Å²) in [5, 5.41) is 7.68. The summed E-state index contributed by atoms with van der Waals surface area (Å²) < 4.78 is 7.60. The third-order valence-electron chi connectivity index (χ3n) is 4.88. The summed E-state index contributed by atoms with van der Waals surface area (Å²) in [4.78, 5) is 24.6. The molecular formula is C24H21N3O3S2. The van der Waals surface area contributed by atoms with Crippen LogP contribution in [-0.4, -0.2) is 16.4 Å². The first kappa shape index (κ1) is 21.7. The molecule has 32 heavy (non-hydrogen) atoms. The molecule has 0 unspecified atom stereocenters. The van der Waals surface area contributed by atoms with Gasteiger partial charge < -0.3 is 19.6 Å². The van der Waals surface area contributed by atoms with Crippen LogP contribution in [0, 0.1) is 10.9 Å². The van der Waals surface area contributed by atoms with Crippen LogP contribution in [0.3, 0.4) is 0 Å². The van der Waals surface area contributed by atoms with Gasteiger partial charge in [-0.15, -0.1) is 11.3 Å². The maximum absolute atomic E-state index is 12.6. The second-order valence-corrected chi connectivity index (χ2v) is 8.75. The van der Waals surface area contributed by atoms with Crippen LogP contribution in [0.5, 0.6) is 0 Å². The number of aryl methyl sites for hydroxylation is 1. The van der Waals surface area contributed by atoms with E-state index in [2.05, 4.69) is 10.6 Å². The maximum Gasteiger partial charge on any atom is 0.291 e. The molecule has 0 atom stereocenters. The van der Waals surface area contributed by atoms with Crippen molar-refractivity contribution in [2.45, 2.75) is 20.0 Å². The van der Waals surface area contributed by atoms with Gasteiger partial charge in [-0.2, -0.15) is 0 Å². The van der Waals surface area contributed by atoms with Gasteiger partial charge in [0, 0.05) is 17.6 Å². The standard InChI is InChI=1S/C24H21N3O3S2/c1-16-4-8-18(9-5-16)20-15-32-24(31)27(20)14-22(28)25-13-17-6-10-19(11-7-17)26-23(29)21-3-2-12-30-21/h2-12,15H,13-14H2,1H3,(H,25,28)(H,26,29). The highest BCUT2D eigenvalue weighted by Gasteiger charge is 2.12. The number of hydrogen-bond donors (Lipinski definition) is 2. The van der Waals surface area contributed by atoms with E-state index in [-0.39, 0.29) is 24.1 Å². The van der Waals surface area contributed by atoms with Crippen molar-refractivity contribution in [3.63, 3.8) is 0 Å². The second-order valence-electron chi connectivity index (χ2n) is 7.24. The van der Waals surface area contributed by atoms with E-state index in [1.165, 1.54) is 23.2 Å². The van der Waals surface area contributed by atoms with Crippen molar-refractivity contribution < 1.29 is 14.0 Å². The number of aromatic nitrogens is 1. The summed E-state index contributed by atoms with van der Waals surface area (Å²) in [6, 6.07) is 18.7. The van der Waals surface area contributed by atoms with Gasteiger partial charge in [0.15, 0.2) is 9.71 Å². The summed E-state index contributed by atoms with van der Waals surface area (Å²) in [6.07, 6.45) is 1.45. The average molecular weight is 464 g/mol. The van der Waals surface area contributed by atoms with Gasteiger partial charge in [-0.3, -0.25) is 9.59 Å². The Balaban J connectivity index is 1.35. The number of carbonyl (C=O) groups excluding carboxylic acids is 2. The fourth-order valence-electron chi connectivity index (χ4n) is 3.14. The van der Waals surface area contributed by atoms with Crippen LogP contribution in [-0.2, 0) is 17.9 Å². The fourth-order valence-corrected chi connectivity index (χ4v) is 4.21. The van der Waals surface area contributed by atoms with Crippen LogP contribution in [0.4, 0.5) is 5.69 Å². The molecule has 6 nitrogen and oxygen atoms in total. The molecule has 4 rings (SSSR count). The molecule has 0 aliphatic rings. The first-order valence-corrected chi connectivity index (χ1v) is 11.2. The van der Waals surface area contributed by atoms with Gasteiger partial charge in [-0.05, 0) is 54.5 Å². The van der Waals surface area contributed by atoms with E-state index in [4.69, 9.17) is 16.6 Å². The van der Waals surface area contributed by atoms with Gasteiger partial charge in [-0.25, -0.2) is 0 Å². The number of amides is 2. The van der Waals surface area contributed by atoms with Crippen molar-refractivity contribution in [3.05, 3.63) is 93.1 Å².